The van der Waals surface area contributed by atoms with Gasteiger partial charge in [-0.3, -0.25) is 0 Å². The van der Waals surface area contributed by atoms with Crippen LogP contribution < -0.4 is 5.32 Å². The highest BCUT2D eigenvalue weighted by Gasteiger charge is 2.17. The van der Waals surface area contributed by atoms with Crippen molar-refractivity contribution in [3.05, 3.63) is 0 Å². The van der Waals surface area contributed by atoms with Gasteiger partial charge in [-0.15, -0.1) is 0 Å². The molecular weight excluding hydrogens is 186 g/mol. The van der Waals surface area contributed by atoms with Crippen molar-refractivity contribution in [1.29, 1.82) is 0 Å². The number of nitrogens with one attached hydrogen (secondary N) is 1. The second-order valence-electron chi connectivity index (χ2n) is 4.59. The molecule has 92 valence electrons. The monoisotopic (exact) mass is 215 g/mol. The Balaban J connectivity index is 3.99. The molecule has 0 aliphatic rings. The Hall–Kier alpha value is -0.0800. The van der Waals surface area contributed by atoms with Crippen molar-refractivity contribution in [2.75, 3.05) is 6.61 Å². The number of aliphatic hydroxyl groups excluding tert-OH is 1. The van der Waals surface area contributed by atoms with E-state index in [0.29, 0.717) is 12.0 Å². The van der Waals surface area contributed by atoms with Crippen LogP contribution in [0.4, 0.5) is 0 Å². The summed E-state index contributed by atoms with van der Waals surface area (Å²) in [4.78, 5) is 0. The van der Waals surface area contributed by atoms with Gasteiger partial charge in [-0.1, -0.05) is 47.0 Å². The molecule has 0 aliphatic carbocycles. The van der Waals surface area contributed by atoms with Gasteiger partial charge in [-0.05, 0) is 18.8 Å². The lowest BCUT2D eigenvalue weighted by Gasteiger charge is -2.27. The highest BCUT2D eigenvalue weighted by Crippen LogP contribution is 2.11. The largest absolute Gasteiger partial charge is 0.395 e. The van der Waals surface area contributed by atoms with E-state index in [1.54, 1.807) is 0 Å². The van der Waals surface area contributed by atoms with Crippen molar-refractivity contribution in [2.24, 2.45) is 5.92 Å². The first-order valence-electron chi connectivity index (χ1n) is 6.56. The van der Waals surface area contributed by atoms with Gasteiger partial charge in [0.15, 0.2) is 0 Å². The topological polar surface area (TPSA) is 32.3 Å². The second kappa shape index (κ2) is 9.17. The molecule has 0 aliphatic heterocycles. The van der Waals surface area contributed by atoms with Crippen molar-refractivity contribution >= 4 is 0 Å². The van der Waals surface area contributed by atoms with Gasteiger partial charge in [-0.2, -0.15) is 0 Å². The molecule has 0 saturated heterocycles. The minimum Gasteiger partial charge on any atom is -0.395 e. The van der Waals surface area contributed by atoms with Gasteiger partial charge in [0.05, 0.1) is 6.61 Å². The van der Waals surface area contributed by atoms with E-state index in [-0.39, 0.29) is 12.6 Å². The van der Waals surface area contributed by atoms with E-state index >= 15 is 0 Å². The molecule has 0 aromatic heterocycles. The predicted molar refractivity (Wildman–Crippen MR) is 67.1 cm³/mol. The summed E-state index contributed by atoms with van der Waals surface area (Å²) in [5, 5.41) is 12.9. The standard InChI is InChI=1S/C13H29NO/c1-5-8-9-12(7-3)14-13(10-15)11(4)6-2/h11-15H,5-10H2,1-4H3. The van der Waals surface area contributed by atoms with Crippen molar-refractivity contribution in [2.45, 2.75) is 71.9 Å². The minimum atomic E-state index is 0.262. The quantitative estimate of drug-likeness (QED) is 0.620. The number of hydrogen-bond acceptors (Lipinski definition) is 2. The SMILES string of the molecule is CCCCC(CC)NC(CO)C(C)CC. The van der Waals surface area contributed by atoms with Crippen LogP contribution in [0.15, 0.2) is 0 Å². The van der Waals surface area contributed by atoms with Crippen molar-refractivity contribution in [3.63, 3.8) is 0 Å². The van der Waals surface area contributed by atoms with Crippen LogP contribution in [-0.2, 0) is 0 Å². The molecule has 0 aromatic rings. The van der Waals surface area contributed by atoms with Gasteiger partial charge < -0.3 is 10.4 Å². The Morgan fingerprint density at radius 1 is 1.13 bits per heavy atom. The first-order valence-corrected chi connectivity index (χ1v) is 6.56. The maximum absolute atomic E-state index is 9.33. The molecule has 15 heavy (non-hydrogen) atoms. The highest BCUT2D eigenvalue weighted by atomic mass is 16.3. The predicted octanol–water partition coefficient (Wildman–Crippen LogP) is 2.95. The first-order chi connectivity index (χ1) is 7.19. The molecule has 3 unspecified atom stereocenters. The van der Waals surface area contributed by atoms with E-state index in [1.807, 2.05) is 0 Å². The Bertz CT molecular complexity index is 138. The number of unbranched alkanes of at least 4 members (excludes halogenated alkanes) is 1. The first kappa shape index (κ1) is 14.9. The van der Waals surface area contributed by atoms with Crippen LogP contribution in [0.25, 0.3) is 0 Å². The molecule has 0 spiro atoms. The highest BCUT2D eigenvalue weighted by molar-refractivity contribution is 4.76. The fourth-order valence-corrected chi connectivity index (χ4v) is 1.84. The molecule has 0 fully saturated rings. The number of aliphatic hydroxyl groups is 1. The summed E-state index contributed by atoms with van der Waals surface area (Å²) in [7, 11) is 0. The van der Waals surface area contributed by atoms with Crippen molar-refractivity contribution < 1.29 is 5.11 Å². The molecule has 0 aromatic carbocycles. The molecule has 0 rings (SSSR count). The fraction of sp³-hybridized carbons (Fsp3) is 1.00. The Morgan fingerprint density at radius 3 is 2.20 bits per heavy atom. The maximum atomic E-state index is 9.33. The smallest absolute Gasteiger partial charge is 0.0587 e. The Kier molecular flexibility index (Phi) is 9.12. The van der Waals surface area contributed by atoms with Gasteiger partial charge in [-0.25, -0.2) is 0 Å². The zero-order chi connectivity index (χ0) is 11.7. The van der Waals surface area contributed by atoms with Crippen LogP contribution in [0.5, 0.6) is 0 Å². The summed E-state index contributed by atoms with van der Waals surface area (Å²) >= 11 is 0. The van der Waals surface area contributed by atoms with E-state index < -0.39 is 0 Å². The number of hydrogen-bond donors (Lipinski definition) is 2. The van der Waals surface area contributed by atoms with Crippen LogP contribution in [0.2, 0.25) is 0 Å². The van der Waals surface area contributed by atoms with Gasteiger partial charge in [0.2, 0.25) is 0 Å². The van der Waals surface area contributed by atoms with E-state index in [9.17, 15) is 5.11 Å². The average Bonchev–Trinajstić information content (AvgIpc) is 2.28. The normalized spacial score (nSPS) is 17.4. The van der Waals surface area contributed by atoms with Crippen molar-refractivity contribution in [1.82, 2.24) is 5.32 Å². The molecule has 0 amide bonds. The lowest BCUT2D eigenvalue weighted by atomic mass is 9.97. The molecule has 0 heterocycles. The van der Waals surface area contributed by atoms with Gasteiger partial charge in [0.1, 0.15) is 0 Å². The molecule has 2 N–H and O–H groups in total. The Labute approximate surface area is 95.5 Å². The number of rotatable bonds is 9. The molecular formula is C13H29NO. The summed E-state index contributed by atoms with van der Waals surface area (Å²) in [5.74, 6) is 0.561. The third-order valence-electron chi connectivity index (χ3n) is 3.38. The molecule has 0 bridgehead atoms. The lowest BCUT2D eigenvalue weighted by Crippen LogP contribution is -2.44. The molecule has 0 radical (unpaired) electrons. The van der Waals surface area contributed by atoms with Gasteiger partial charge in [0, 0.05) is 12.1 Å². The van der Waals surface area contributed by atoms with E-state index in [4.69, 9.17) is 0 Å². The van der Waals surface area contributed by atoms with Gasteiger partial charge >= 0.3 is 0 Å². The summed E-state index contributed by atoms with van der Waals surface area (Å²) in [6, 6.07) is 0.855. The minimum absolute atomic E-state index is 0.262. The third-order valence-corrected chi connectivity index (χ3v) is 3.38. The maximum Gasteiger partial charge on any atom is 0.0587 e. The lowest BCUT2D eigenvalue weighted by molar-refractivity contribution is 0.186. The summed E-state index contributed by atoms with van der Waals surface area (Å²) in [5.41, 5.74) is 0. The zero-order valence-electron chi connectivity index (χ0n) is 10.9. The Morgan fingerprint density at radius 2 is 1.80 bits per heavy atom. The van der Waals surface area contributed by atoms with E-state index in [2.05, 4.69) is 33.0 Å². The van der Waals surface area contributed by atoms with Crippen molar-refractivity contribution in [3.8, 4) is 0 Å². The fourth-order valence-electron chi connectivity index (χ4n) is 1.84. The van der Waals surface area contributed by atoms with Crippen LogP contribution >= 0.6 is 0 Å². The summed E-state index contributed by atoms with van der Waals surface area (Å²) < 4.78 is 0. The molecule has 3 atom stereocenters. The summed E-state index contributed by atoms with van der Waals surface area (Å²) in [6.07, 6.45) is 6.06. The van der Waals surface area contributed by atoms with E-state index in [1.165, 1.54) is 19.3 Å². The molecule has 2 nitrogen and oxygen atoms in total. The summed E-state index contributed by atoms with van der Waals surface area (Å²) in [6.45, 7) is 9.10. The second-order valence-corrected chi connectivity index (χ2v) is 4.59. The van der Waals surface area contributed by atoms with E-state index in [0.717, 1.165) is 12.8 Å². The molecule has 2 heteroatoms. The zero-order valence-corrected chi connectivity index (χ0v) is 10.9. The van der Waals surface area contributed by atoms with Crippen LogP contribution in [0.3, 0.4) is 0 Å². The van der Waals surface area contributed by atoms with Gasteiger partial charge in [0.25, 0.3) is 0 Å². The molecule has 0 saturated carbocycles. The van der Waals surface area contributed by atoms with Crippen LogP contribution in [-0.4, -0.2) is 23.8 Å². The average molecular weight is 215 g/mol. The van der Waals surface area contributed by atoms with Crippen LogP contribution in [0.1, 0.15) is 59.8 Å². The third kappa shape index (κ3) is 6.16. The van der Waals surface area contributed by atoms with Crippen LogP contribution in [0, 0.1) is 5.92 Å².